The number of rotatable bonds is 7. The first-order valence-corrected chi connectivity index (χ1v) is 6.22. The summed E-state index contributed by atoms with van der Waals surface area (Å²) < 4.78 is 13.5. The van der Waals surface area contributed by atoms with Gasteiger partial charge in [0.2, 0.25) is 0 Å². The molecular weight excluding hydrogens is 201 g/mol. The summed E-state index contributed by atoms with van der Waals surface area (Å²) in [6.45, 7) is 6.36. The van der Waals surface area contributed by atoms with E-state index < -0.39 is 0 Å². The van der Waals surface area contributed by atoms with Crippen molar-refractivity contribution in [3.05, 3.63) is 35.6 Å². The van der Waals surface area contributed by atoms with Crippen LogP contribution in [0.4, 0.5) is 4.39 Å². The van der Waals surface area contributed by atoms with E-state index in [1.165, 1.54) is 0 Å². The van der Waals surface area contributed by atoms with Crippen LogP contribution in [0.5, 0.6) is 0 Å². The minimum absolute atomic E-state index is 0.0727. The molecule has 0 amide bonds. The number of halogens is 1. The van der Waals surface area contributed by atoms with Crippen molar-refractivity contribution in [2.24, 2.45) is 5.92 Å². The Hall–Kier alpha value is -0.890. The number of nitrogens with one attached hydrogen (secondary N) is 1. The first-order chi connectivity index (χ1) is 7.77. The van der Waals surface area contributed by atoms with E-state index in [-0.39, 0.29) is 5.82 Å². The van der Waals surface area contributed by atoms with E-state index >= 15 is 0 Å². The molecule has 90 valence electrons. The van der Waals surface area contributed by atoms with Gasteiger partial charge in [0, 0.05) is 0 Å². The second-order valence-electron chi connectivity index (χ2n) is 4.27. The van der Waals surface area contributed by atoms with E-state index in [4.69, 9.17) is 0 Å². The van der Waals surface area contributed by atoms with Crippen molar-refractivity contribution < 1.29 is 4.39 Å². The fourth-order valence-electron chi connectivity index (χ4n) is 1.82. The van der Waals surface area contributed by atoms with Gasteiger partial charge < -0.3 is 5.32 Å². The van der Waals surface area contributed by atoms with E-state index in [1.54, 1.807) is 12.1 Å². The van der Waals surface area contributed by atoms with Gasteiger partial charge >= 0.3 is 0 Å². The largest absolute Gasteiger partial charge is 0.316 e. The summed E-state index contributed by atoms with van der Waals surface area (Å²) in [5.74, 6) is 0.458. The SMILES string of the molecule is CCCNCC(CC)Cc1ccccc1F. The van der Waals surface area contributed by atoms with Crippen LogP contribution in [0.15, 0.2) is 24.3 Å². The third-order valence-corrected chi connectivity index (χ3v) is 2.90. The van der Waals surface area contributed by atoms with Gasteiger partial charge in [0.1, 0.15) is 5.82 Å². The lowest BCUT2D eigenvalue weighted by Gasteiger charge is -2.15. The minimum atomic E-state index is -0.0727. The molecule has 0 saturated heterocycles. The maximum Gasteiger partial charge on any atom is 0.126 e. The molecule has 1 rings (SSSR count). The van der Waals surface area contributed by atoms with Gasteiger partial charge in [0.25, 0.3) is 0 Å². The molecule has 0 aliphatic heterocycles. The molecule has 0 radical (unpaired) electrons. The van der Waals surface area contributed by atoms with Gasteiger partial charge in [-0.15, -0.1) is 0 Å². The second-order valence-corrected chi connectivity index (χ2v) is 4.27. The number of hydrogen-bond donors (Lipinski definition) is 1. The molecule has 0 aliphatic carbocycles. The summed E-state index contributed by atoms with van der Waals surface area (Å²) >= 11 is 0. The Bertz CT molecular complexity index is 299. The molecule has 1 nitrogen and oxygen atoms in total. The standard InChI is InChI=1S/C14H22FN/c1-3-9-16-11-12(4-2)10-13-7-5-6-8-14(13)15/h5-8,12,16H,3-4,9-11H2,1-2H3. The topological polar surface area (TPSA) is 12.0 Å². The van der Waals surface area contributed by atoms with Crippen molar-refractivity contribution in [3.63, 3.8) is 0 Å². The Morgan fingerprint density at radius 3 is 2.62 bits per heavy atom. The van der Waals surface area contributed by atoms with Gasteiger partial charge in [-0.05, 0) is 43.5 Å². The molecule has 1 unspecified atom stereocenters. The van der Waals surface area contributed by atoms with Crippen molar-refractivity contribution in [1.29, 1.82) is 0 Å². The average Bonchev–Trinajstić information content (AvgIpc) is 2.30. The van der Waals surface area contributed by atoms with Crippen LogP contribution < -0.4 is 5.32 Å². The maximum atomic E-state index is 13.5. The molecule has 0 fully saturated rings. The highest BCUT2D eigenvalue weighted by atomic mass is 19.1. The highest BCUT2D eigenvalue weighted by molar-refractivity contribution is 5.17. The third-order valence-electron chi connectivity index (χ3n) is 2.90. The molecule has 0 aliphatic rings. The van der Waals surface area contributed by atoms with Crippen LogP contribution in [0.2, 0.25) is 0 Å². The Morgan fingerprint density at radius 1 is 1.25 bits per heavy atom. The van der Waals surface area contributed by atoms with E-state index in [0.29, 0.717) is 5.92 Å². The lowest BCUT2D eigenvalue weighted by atomic mass is 9.96. The normalized spacial score (nSPS) is 12.7. The second kappa shape index (κ2) is 7.39. The summed E-state index contributed by atoms with van der Waals surface area (Å²) in [6.07, 6.45) is 3.07. The molecule has 0 heterocycles. The Kier molecular flexibility index (Phi) is 6.09. The zero-order valence-corrected chi connectivity index (χ0v) is 10.3. The quantitative estimate of drug-likeness (QED) is 0.699. The van der Waals surface area contributed by atoms with Gasteiger partial charge in [-0.2, -0.15) is 0 Å². The lowest BCUT2D eigenvalue weighted by molar-refractivity contribution is 0.451. The van der Waals surface area contributed by atoms with Crippen LogP contribution in [0, 0.1) is 11.7 Å². The highest BCUT2D eigenvalue weighted by Crippen LogP contribution is 2.14. The fraction of sp³-hybridized carbons (Fsp3) is 0.571. The molecular formula is C14H22FN. The van der Waals surface area contributed by atoms with Crippen LogP contribution in [0.1, 0.15) is 32.3 Å². The molecule has 1 aromatic rings. The molecule has 16 heavy (non-hydrogen) atoms. The molecule has 0 bridgehead atoms. The predicted molar refractivity (Wildman–Crippen MR) is 67.0 cm³/mol. The Balaban J connectivity index is 2.46. The third kappa shape index (κ3) is 4.31. The van der Waals surface area contributed by atoms with Crippen LogP contribution >= 0.6 is 0 Å². The molecule has 1 atom stereocenters. The maximum absolute atomic E-state index is 13.5. The van der Waals surface area contributed by atoms with Crippen molar-refractivity contribution in [1.82, 2.24) is 5.32 Å². The molecule has 2 heteroatoms. The molecule has 1 aromatic carbocycles. The summed E-state index contributed by atoms with van der Waals surface area (Å²) in [5.41, 5.74) is 0.840. The summed E-state index contributed by atoms with van der Waals surface area (Å²) in [4.78, 5) is 0. The van der Waals surface area contributed by atoms with Crippen LogP contribution in [-0.4, -0.2) is 13.1 Å². The smallest absolute Gasteiger partial charge is 0.126 e. The van der Waals surface area contributed by atoms with E-state index in [9.17, 15) is 4.39 Å². The van der Waals surface area contributed by atoms with Gasteiger partial charge in [-0.1, -0.05) is 38.5 Å². The number of hydrogen-bond acceptors (Lipinski definition) is 1. The number of benzene rings is 1. The van der Waals surface area contributed by atoms with Crippen molar-refractivity contribution >= 4 is 0 Å². The monoisotopic (exact) mass is 223 g/mol. The molecule has 0 aromatic heterocycles. The summed E-state index contributed by atoms with van der Waals surface area (Å²) in [6, 6.07) is 7.08. The van der Waals surface area contributed by atoms with E-state index in [1.807, 2.05) is 12.1 Å². The summed E-state index contributed by atoms with van der Waals surface area (Å²) in [7, 11) is 0. The highest BCUT2D eigenvalue weighted by Gasteiger charge is 2.09. The zero-order chi connectivity index (χ0) is 11.8. The average molecular weight is 223 g/mol. The predicted octanol–water partition coefficient (Wildman–Crippen LogP) is 3.39. The first-order valence-electron chi connectivity index (χ1n) is 6.22. The zero-order valence-electron chi connectivity index (χ0n) is 10.3. The lowest BCUT2D eigenvalue weighted by Crippen LogP contribution is -2.24. The van der Waals surface area contributed by atoms with Gasteiger partial charge in [0.15, 0.2) is 0 Å². The van der Waals surface area contributed by atoms with Gasteiger partial charge in [-0.3, -0.25) is 0 Å². The Labute approximate surface area is 98.1 Å². The van der Waals surface area contributed by atoms with Crippen LogP contribution in [-0.2, 0) is 6.42 Å². The summed E-state index contributed by atoms with van der Waals surface area (Å²) in [5, 5.41) is 3.40. The van der Waals surface area contributed by atoms with Crippen LogP contribution in [0.25, 0.3) is 0 Å². The van der Waals surface area contributed by atoms with Crippen molar-refractivity contribution in [2.45, 2.75) is 33.1 Å². The first kappa shape index (κ1) is 13.2. The minimum Gasteiger partial charge on any atom is -0.316 e. The van der Waals surface area contributed by atoms with Crippen molar-refractivity contribution in [3.8, 4) is 0 Å². The van der Waals surface area contributed by atoms with Crippen molar-refractivity contribution in [2.75, 3.05) is 13.1 Å². The van der Waals surface area contributed by atoms with Gasteiger partial charge in [0.05, 0.1) is 0 Å². The molecule has 0 saturated carbocycles. The van der Waals surface area contributed by atoms with E-state index in [0.717, 1.165) is 37.9 Å². The van der Waals surface area contributed by atoms with Crippen LogP contribution in [0.3, 0.4) is 0 Å². The Morgan fingerprint density at radius 2 is 2.00 bits per heavy atom. The van der Waals surface area contributed by atoms with E-state index in [2.05, 4.69) is 19.2 Å². The molecule has 1 N–H and O–H groups in total. The molecule has 0 spiro atoms. The fourth-order valence-corrected chi connectivity index (χ4v) is 1.82. The van der Waals surface area contributed by atoms with Gasteiger partial charge in [-0.25, -0.2) is 4.39 Å².